The predicted molar refractivity (Wildman–Crippen MR) is 103 cm³/mol. The molecule has 0 saturated heterocycles. The highest BCUT2D eigenvalue weighted by Crippen LogP contribution is 2.35. The Morgan fingerprint density at radius 3 is 2.46 bits per heavy atom. The Morgan fingerprint density at radius 2 is 1.77 bits per heavy atom. The monoisotopic (exact) mass is 382 g/mol. The van der Waals surface area contributed by atoms with Crippen LogP contribution in [-0.2, 0) is 14.4 Å². The van der Waals surface area contributed by atoms with Crippen LogP contribution < -0.4 is 0 Å². The van der Waals surface area contributed by atoms with Crippen molar-refractivity contribution in [3.05, 3.63) is 82.8 Å². The largest absolute Gasteiger partial charge is 0.358 e. The zero-order valence-corrected chi connectivity index (χ0v) is 15.4. The fourth-order valence-corrected chi connectivity index (χ4v) is 3.96. The molecule has 5 nitrogen and oxygen atoms in total. The van der Waals surface area contributed by atoms with Gasteiger partial charge in [0.05, 0.1) is 5.57 Å². The minimum atomic E-state index is -3.97. The molecule has 0 radical (unpaired) electrons. The second-order valence-corrected chi connectivity index (χ2v) is 7.96. The molecule has 26 heavy (non-hydrogen) atoms. The molecule has 0 unspecified atom stereocenters. The number of thioether (sulfide) groups is 1. The van der Waals surface area contributed by atoms with Gasteiger partial charge in [0, 0.05) is 4.91 Å². The summed E-state index contributed by atoms with van der Waals surface area (Å²) in [5, 5.41) is 13.6. The molecule has 0 aliphatic carbocycles. The molecule has 1 aliphatic heterocycles. The van der Waals surface area contributed by atoms with Crippen LogP contribution in [0.3, 0.4) is 0 Å². The van der Waals surface area contributed by atoms with E-state index >= 15 is 0 Å². The average Bonchev–Trinajstić information content (AvgIpc) is 3.12. The number of nitrogens with zero attached hydrogens (tertiary/aromatic N) is 2. The molecule has 0 bridgehead atoms. The second-order valence-electron chi connectivity index (χ2n) is 5.37. The lowest BCUT2D eigenvalue weighted by Gasteiger charge is -2.06. The van der Waals surface area contributed by atoms with Gasteiger partial charge >= 0.3 is 10.1 Å². The molecule has 0 atom stereocenters. The zero-order valence-electron chi connectivity index (χ0n) is 13.8. The van der Waals surface area contributed by atoms with Gasteiger partial charge in [0.1, 0.15) is 16.0 Å². The van der Waals surface area contributed by atoms with Gasteiger partial charge in [-0.15, -0.1) is 0 Å². The van der Waals surface area contributed by atoms with Crippen molar-refractivity contribution in [3.8, 4) is 6.07 Å². The number of oxime groups is 1. The highest BCUT2D eigenvalue weighted by Gasteiger charge is 2.19. The van der Waals surface area contributed by atoms with Crippen LogP contribution in [0.2, 0.25) is 0 Å². The molecule has 3 rings (SSSR count). The van der Waals surface area contributed by atoms with Gasteiger partial charge in [-0.3, -0.25) is 4.28 Å². The molecule has 0 aromatic heterocycles. The molecule has 0 spiro atoms. The van der Waals surface area contributed by atoms with Crippen LogP contribution in [0.15, 0.2) is 81.7 Å². The van der Waals surface area contributed by atoms with E-state index in [0.29, 0.717) is 15.5 Å². The Bertz CT molecular complexity index is 1060. The SMILES string of the molecule is Cc1ccccc1/C(C#N)=C1C=C/C(=N\OS(=O)(=O)c2ccccc2)S/1. The van der Waals surface area contributed by atoms with E-state index in [-0.39, 0.29) is 4.90 Å². The van der Waals surface area contributed by atoms with E-state index in [1.54, 1.807) is 30.4 Å². The summed E-state index contributed by atoms with van der Waals surface area (Å²) in [6, 6.07) is 17.6. The Balaban J connectivity index is 1.83. The first kappa shape index (κ1) is 18.0. The van der Waals surface area contributed by atoms with Crippen LogP contribution in [0.1, 0.15) is 11.1 Å². The second kappa shape index (κ2) is 7.60. The maximum Gasteiger partial charge on any atom is 0.358 e. The Morgan fingerprint density at radius 1 is 1.08 bits per heavy atom. The minimum Gasteiger partial charge on any atom is -0.264 e. The first-order chi connectivity index (χ1) is 12.5. The number of benzene rings is 2. The maximum absolute atomic E-state index is 12.1. The molecular formula is C19H14N2O3S2. The Labute approximate surface area is 156 Å². The van der Waals surface area contributed by atoms with Crippen molar-refractivity contribution in [2.75, 3.05) is 0 Å². The Kier molecular flexibility index (Phi) is 5.26. The number of allylic oxidation sites excluding steroid dienone is 2. The van der Waals surface area contributed by atoms with Crippen molar-refractivity contribution in [2.45, 2.75) is 11.8 Å². The van der Waals surface area contributed by atoms with E-state index < -0.39 is 10.1 Å². The van der Waals surface area contributed by atoms with Crippen molar-refractivity contribution in [1.82, 2.24) is 0 Å². The van der Waals surface area contributed by atoms with Crippen molar-refractivity contribution >= 4 is 32.5 Å². The first-order valence-corrected chi connectivity index (χ1v) is 9.87. The lowest BCUT2D eigenvalue weighted by molar-refractivity contribution is 0.340. The van der Waals surface area contributed by atoms with Gasteiger partial charge in [-0.05, 0) is 42.3 Å². The predicted octanol–water partition coefficient (Wildman–Crippen LogP) is 4.25. The van der Waals surface area contributed by atoms with Gasteiger partial charge in [0.15, 0.2) is 0 Å². The highest BCUT2D eigenvalue weighted by atomic mass is 32.2. The van der Waals surface area contributed by atoms with E-state index in [0.717, 1.165) is 11.1 Å². The van der Waals surface area contributed by atoms with E-state index in [1.165, 1.54) is 23.9 Å². The van der Waals surface area contributed by atoms with Crippen LogP contribution in [0.5, 0.6) is 0 Å². The topological polar surface area (TPSA) is 79.5 Å². The lowest BCUT2D eigenvalue weighted by Crippen LogP contribution is -2.03. The van der Waals surface area contributed by atoms with Gasteiger partial charge in [-0.1, -0.05) is 59.4 Å². The highest BCUT2D eigenvalue weighted by molar-refractivity contribution is 8.18. The molecule has 0 N–H and O–H groups in total. The normalized spacial score (nSPS) is 17.2. The summed E-state index contributed by atoms with van der Waals surface area (Å²) < 4.78 is 29.0. The quantitative estimate of drug-likeness (QED) is 0.583. The molecule has 1 aliphatic rings. The van der Waals surface area contributed by atoms with Crippen molar-refractivity contribution in [1.29, 1.82) is 5.26 Å². The van der Waals surface area contributed by atoms with Crippen LogP contribution in [0.25, 0.3) is 5.57 Å². The van der Waals surface area contributed by atoms with Gasteiger partial charge in [-0.2, -0.15) is 13.7 Å². The zero-order chi connectivity index (χ0) is 18.6. The fraction of sp³-hybridized carbons (Fsp3) is 0.0526. The lowest BCUT2D eigenvalue weighted by atomic mass is 10.0. The fourth-order valence-electron chi connectivity index (χ4n) is 2.33. The van der Waals surface area contributed by atoms with Gasteiger partial charge in [-0.25, -0.2) is 0 Å². The molecule has 2 aromatic rings. The maximum atomic E-state index is 12.1. The molecule has 0 saturated carbocycles. The summed E-state index contributed by atoms with van der Waals surface area (Å²) in [5.74, 6) is 0. The standard InChI is InChI=1S/C19H14N2O3S2/c1-14-7-5-6-10-16(14)17(13-20)18-11-12-19(25-18)21-24-26(22,23)15-8-3-2-4-9-15/h2-12H,1H3/b18-17-,21-19+. The minimum absolute atomic E-state index is 0.0321. The molecular weight excluding hydrogens is 368 g/mol. The number of rotatable bonds is 4. The number of nitriles is 1. The van der Waals surface area contributed by atoms with Crippen LogP contribution in [0, 0.1) is 18.3 Å². The van der Waals surface area contributed by atoms with Gasteiger partial charge < -0.3 is 0 Å². The Hall–Kier alpha value is -2.82. The summed E-state index contributed by atoms with van der Waals surface area (Å²) in [6.07, 6.45) is 3.35. The van der Waals surface area contributed by atoms with Crippen molar-refractivity contribution < 1.29 is 12.7 Å². The summed E-state index contributed by atoms with van der Waals surface area (Å²) in [5.41, 5.74) is 2.33. The summed E-state index contributed by atoms with van der Waals surface area (Å²) in [4.78, 5) is 0.728. The number of hydrogen-bond donors (Lipinski definition) is 0. The van der Waals surface area contributed by atoms with Crippen molar-refractivity contribution in [3.63, 3.8) is 0 Å². The molecule has 0 fully saturated rings. The number of hydrogen-bond acceptors (Lipinski definition) is 6. The summed E-state index contributed by atoms with van der Waals surface area (Å²) >= 11 is 1.19. The third-order valence-electron chi connectivity index (χ3n) is 3.62. The molecule has 2 aromatic carbocycles. The summed E-state index contributed by atoms with van der Waals surface area (Å²) in [6.45, 7) is 1.93. The van der Waals surface area contributed by atoms with E-state index in [4.69, 9.17) is 4.28 Å². The van der Waals surface area contributed by atoms with Crippen LogP contribution in [0.4, 0.5) is 0 Å². The summed E-state index contributed by atoms with van der Waals surface area (Å²) in [7, 11) is -3.97. The average molecular weight is 382 g/mol. The van der Waals surface area contributed by atoms with Crippen LogP contribution in [-0.4, -0.2) is 13.5 Å². The first-order valence-electron chi connectivity index (χ1n) is 7.64. The van der Waals surface area contributed by atoms with Gasteiger partial charge in [0.2, 0.25) is 0 Å². The van der Waals surface area contributed by atoms with E-state index in [2.05, 4.69) is 11.2 Å². The molecule has 1 heterocycles. The third kappa shape index (κ3) is 3.87. The molecule has 130 valence electrons. The van der Waals surface area contributed by atoms with Crippen LogP contribution >= 0.6 is 11.8 Å². The molecule has 0 amide bonds. The van der Waals surface area contributed by atoms with Crippen molar-refractivity contribution in [2.24, 2.45) is 5.16 Å². The third-order valence-corrected chi connectivity index (χ3v) is 5.72. The number of aryl methyl sites for hydroxylation is 1. The molecule has 7 heteroatoms. The smallest absolute Gasteiger partial charge is 0.264 e. The van der Waals surface area contributed by atoms with E-state index in [9.17, 15) is 13.7 Å². The van der Waals surface area contributed by atoms with Gasteiger partial charge in [0.25, 0.3) is 0 Å². The van der Waals surface area contributed by atoms with E-state index in [1.807, 2.05) is 31.2 Å².